The van der Waals surface area contributed by atoms with Crippen LogP contribution in [0.4, 0.5) is 0 Å². The first kappa shape index (κ1) is 13.3. The van der Waals surface area contributed by atoms with Crippen LogP contribution in [-0.2, 0) is 14.3 Å². The molecule has 2 heterocycles. The van der Waals surface area contributed by atoms with E-state index in [1.54, 1.807) is 7.11 Å². The van der Waals surface area contributed by atoms with Crippen LogP contribution in [0.15, 0.2) is 0 Å². The molecule has 0 bridgehead atoms. The van der Waals surface area contributed by atoms with E-state index in [4.69, 9.17) is 4.74 Å². The fourth-order valence-electron chi connectivity index (χ4n) is 2.43. The summed E-state index contributed by atoms with van der Waals surface area (Å²) in [6, 6.07) is -0.630. The van der Waals surface area contributed by atoms with Crippen molar-refractivity contribution >= 4 is 11.8 Å². The fourth-order valence-corrected chi connectivity index (χ4v) is 2.43. The predicted molar refractivity (Wildman–Crippen MR) is 66.0 cm³/mol. The molecule has 2 saturated heterocycles. The first-order valence-corrected chi connectivity index (χ1v) is 6.55. The summed E-state index contributed by atoms with van der Waals surface area (Å²) in [4.78, 5) is 23.7. The molecule has 2 aliphatic heterocycles. The van der Waals surface area contributed by atoms with E-state index >= 15 is 0 Å². The van der Waals surface area contributed by atoms with E-state index in [0.29, 0.717) is 19.5 Å². The molecule has 102 valence electrons. The largest absolute Gasteiger partial charge is 0.380 e. The van der Waals surface area contributed by atoms with Crippen molar-refractivity contribution in [1.29, 1.82) is 0 Å². The van der Waals surface area contributed by atoms with Crippen LogP contribution >= 0.6 is 0 Å². The Morgan fingerprint density at radius 3 is 3.00 bits per heavy atom. The Bertz CT molecular complexity index is 322. The number of nitrogens with one attached hydrogen (secondary N) is 3. The van der Waals surface area contributed by atoms with Gasteiger partial charge in [0.15, 0.2) is 0 Å². The van der Waals surface area contributed by atoms with Gasteiger partial charge in [-0.15, -0.1) is 0 Å². The lowest BCUT2D eigenvalue weighted by atomic mass is 10.1. The highest BCUT2D eigenvalue weighted by atomic mass is 16.5. The molecule has 6 heteroatoms. The van der Waals surface area contributed by atoms with Crippen molar-refractivity contribution in [2.75, 3.05) is 20.2 Å². The second kappa shape index (κ2) is 6.15. The molecule has 0 aromatic rings. The summed E-state index contributed by atoms with van der Waals surface area (Å²) in [5.41, 5.74) is 0. The summed E-state index contributed by atoms with van der Waals surface area (Å²) in [5, 5.41) is 8.75. The highest BCUT2D eigenvalue weighted by Crippen LogP contribution is 2.11. The van der Waals surface area contributed by atoms with Gasteiger partial charge in [-0.25, -0.2) is 0 Å². The zero-order valence-electron chi connectivity index (χ0n) is 10.7. The highest BCUT2D eigenvalue weighted by molar-refractivity contribution is 5.90. The fraction of sp³-hybridized carbons (Fsp3) is 0.833. The van der Waals surface area contributed by atoms with Crippen LogP contribution in [-0.4, -0.2) is 50.2 Å². The van der Waals surface area contributed by atoms with Gasteiger partial charge in [0.05, 0.1) is 12.1 Å². The smallest absolute Gasteiger partial charge is 0.242 e. The Morgan fingerprint density at radius 1 is 1.44 bits per heavy atom. The van der Waals surface area contributed by atoms with E-state index in [9.17, 15) is 9.59 Å². The first-order valence-electron chi connectivity index (χ1n) is 6.55. The van der Waals surface area contributed by atoms with Crippen LogP contribution < -0.4 is 16.0 Å². The molecule has 0 saturated carbocycles. The van der Waals surface area contributed by atoms with Crippen LogP contribution in [0, 0.1) is 0 Å². The molecule has 18 heavy (non-hydrogen) atoms. The van der Waals surface area contributed by atoms with Crippen LogP contribution in [0.5, 0.6) is 0 Å². The van der Waals surface area contributed by atoms with Crippen LogP contribution in [0.2, 0.25) is 0 Å². The van der Waals surface area contributed by atoms with E-state index in [0.717, 1.165) is 19.3 Å². The average Bonchev–Trinajstić information content (AvgIpc) is 2.77. The van der Waals surface area contributed by atoms with E-state index in [-0.39, 0.29) is 30.0 Å². The Morgan fingerprint density at radius 2 is 2.28 bits per heavy atom. The van der Waals surface area contributed by atoms with E-state index < -0.39 is 0 Å². The molecule has 3 N–H and O–H groups in total. The number of hydrogen-bond donors (Lipinski definition) is 3. The highest BCUT2D eigenvalue weighted by Gasteiger charge is 2.32. The molecule has 2 aliphatic rings. The number of carbonyl (C=O) groups excluding carboxylic acids is 2. The monoisotopic (exact) mass is 255 g/mol. The molecule has 2 amide bonds. The molecule has 0 aliphatic carbocycles. The van der Waals surface area contributed by atoms with Crippen molar-refractivity contribution in [1.82, 2.24) is 16.0 Å². The van der Waals surface area contributed by atoms with Gasteiger partial charge in [-0.1, -0.05) is 0 Å². The topological polar surface area (TPSA) is 79.5 Å². The molecule has 0 aromatic heterocycles. The number of methoxy groups -OCH3 is 1. The lowest BCUT2D eigenvalue weighted by Crippen LogP contribution is -2.50. The van der Waals surface area contributed by atoms with Crippen molar-refractivity contribution in [2.45, 2.75) is 43.9 Å². The summed E-state index contributed by atoms with van der Waals surface area (Å²) in [6.07, 6.45) is 3.41. The molecule has 2 fully saturated rings. The molecule has 0 spiro atoms. The minimum absolute atomic E-state index is 0.0675. The molecule has 0 aromatic carbocycles. The molecule has 6 nitrogen and oxygen atoms in total. The van der Waals surface area contributed by atoms with Gasteiger partial charge in [-0.2, -0.15) is 0 Å². The minimum Gasteiger partial charge on any atom is -0.380 e. The average molecular weight is 255 g/mol. The third-order valence-electron chi connectivity index (χ3n) is 3.59. The van der Waals surface area contributed by atoms with Gasteiger partial charge in [0.2, 0.25) is 11.8 Å². The van der Waals surface area contributed by atoms with Gasteiger partial charge in [0, 0.05) is 20.2 Å². The molecule has 0 radical (unpaired) electrons. The lowest BCUT2D eigenvalue weighted by Gasteiger charge is -2.18. The molecule has 3 unspecified atom stereocenters. The van der Waals surface area contributed by atoms with Crippen molar-refractivity contribution in [2.24, 2.45) is 0 Å². The second-order valence-electron chi connectivity index (χ2n) is 4.90. The summed E-state index contributed by atoms with van der Waals surface area (Å²) in [5.74, 6) is -0.168. The normalized spacial score (nSPS) is 32.7. The van der Waals surface area contributed by atoms with Crippen LogP contribution in [0.25, 0.3) is 0 Å². The number of ether oxygens (including phenoxy) is 1. The Hall–Kier alpha value is -1.14. The van der Waals surface area contributed by atoms with Crippen molar-refractivity contribution in [3.05, 3.63) is 0 Å². The van der Waals surface area contributed by atoms with Crippen molar-refractivity contribution in [3.8, 4) is 0 Å². The van der Waals surface area contributed by atoms with E-state index in [2.05, 4.69) is 16.0 Å². The maximum absolute atomic E-state index is 12.0. The Labute approximate surface area is 107 Å². The first-order chi connectivity index (χ1) is 8.70. The lowest BCUT2D eigenvalue weighted by molar-refractivity contribution is -0.129. The SMILES string of the molecule is COC1CNC(C(=O)NC2CCCCNC2=O)C1. The molecular formula is C12H21N3O3. The van der Waals surface area contributed by atoms with Crippen LogP contribution in [0.1, 0.15) is 25.7 Å². The minimum atomic E-state index is -0.386. The summed E-state index contributed by atoms with van der Waals surface area (Å²) in [7, 11) is 1.64. The summed E-state index contributed by atoms with van der Waals surface area (Å²) in [6.45, 7) is 1.39. The number of hydrogen-bond acceptors (Lipinski definition) is 4. The van der Waals surface area contributed by atoms with E-state index in [1.807, 2.05) is 0 Å². The van der Waals surface area contributed by atoms with Gasteiger partial charge in [-0.3, -0.25) is 9.59 Å². The summed E-state index contributed by atoms with van der Waals surface area (Å²) >= 11 is 0. The Kier molecular flexibility index (Phi) is 4.54. The molecular weight excluding hydrogens is 234 g/mol. The maximum Gasteiger partial charge on any atom is 0.242 e. The second-order valence-corrected chi connectivity index (χ2v) is 4.90. The molecule has 2 rings (SSSR count). The summed E-state index contributed by atoms with van der Waals surface area (Å²) < 4.78 is 5.20. The van der Waals surface area contributed by atoms with Crippen LogP contribution in [0.3, 0.4) is 0 Å². The van der Waals surface area contributed by atoms with Gasteiger partial charge in [0.1, 0.15) is 6.04 Å². The number of carbonyl (C=O) groups is 2. The quantitative estimate of drug-likeness (QED) is 0.613. The third kappa shape index (κ3) is 3.20. The standard InChI is InChI=1S/C12H21N3O3/c1-18-8-6-10(14-7-8)12(17)15-9-4-2-3-5-13-11(9)16/h8-10,14H,2-7H2,1H3,(H,13,16)(H,15,17). The third-order valence-corrected chi connectivity index (χ3v) is 3.59. The number of rotatable bonds is 3. The predicted octanol–water partition coefficient (Wildman–Crippen LogP) is -0.852. The van der Waals surface area contributed by atoms with Gasteiger partial charge >= 0.3 is 0 Å². The van der Waals surface area contributed by atoms with Gasteiger partial charge < -0.3 is 20.7 Å². The Balaban J connectivity index is 1.84. The van der Waals surface area contributed by atoms with Gasteiger partial charge in [0.25, 0.3) is 0 Å². The van der Waals surface area contributed by atoms with Gasteiger partial charge in [-0.05, 0) is 25.7 Å². The van der Waals surface area contributed by atoms with E-state index in [1.165, 1.54) is 0 Å². The zero-order valence-corrected chi connectivity index (χ0v) is 10.7. The van der Waals surface area contributed by atoms with Crippen molar-refractivity contribution < 1.29 is 14.3 Å². The number of amides is 2. The van der Waals surface area contributed by atoms with Crippen molar-refractivity contribution in [3.63, 3.8) is 0 Å². The molecule has 3 atom stereocenters. The zero-order chi connectivity index (χ0) is 13.0. The maximum atomic E-state index is 12.0.